The Hall–Kier alpha value is -4.41. The number of hydrogen-bond acceptors (Lipinski definition) is 3. The smallest absolute Gasteiger partial charge is 0.123 e. The molecule has 47 heavy (non-hydrogen) atoms. The molecule has 4 aromatic carbocycles. The quantitative estimate of drug-likeness (QED) is 0.124. The van der Waals surface area contributed by atoms with Gasteiger partial charge < -0.3 is 14.4 Å². The van der Waals surface area contributed by atoms with Crippen molar-refractivity contribution in [3.05, 3.63) is 151 Å². The van der Waals surface area contributed by atoms with Crippen molar-refractivity contribution in [3.8, 4) is 45.0 Å². The number of hydrogen-bond donors (Lipinski definition) is 0. The molecule has 3 heterocycles. The van der Waals surface area contributed by atoms with Crippen molar-refractivity contribution in [2.45, 2.75) is 39.4 Å². The third-order valence-corrected chi connectivity index (χ3v) is 9.89. The van der Waals surface area contributed by atoms with E-state index in [9.17, 15) is 0 Å². The molecule has 7 aromatic rings. The molecule has 0 bridgehead atoms. The van der Waals surface area contributed by atoms with Crippen LogP contribution in [0.1, 0.15) is 26.7 Å². The van der Waals surface area contributed by atoms with Crippen molar-refractivity contribution in [2.24, 2.45) is 0 Å². The minimum absolute atomic E-state index is 0. The van der Waals surface area contributed by atoms with Crippen molar-refractivity contribution in [3.63, 3.8) is 0 Å². The first-order chi connectivity index (χ1) is 22.6. The van der Waals surface area contributed by atoms with Crippen LogP contribution in [0.25, 0.3) is 55.9 Å². The molecule has 3 aromatic heterocycles. The third-order valence-electron chi connectivity index (χ3n) is 7.88. The minimum atomic E-state index is -1.66. The topological polar surface area (TPSA) is 38.9 Å². The molecule has 0 atom stereocenters. The Kier molecular flexibility index (Phi) is 10.4. The van der Waals surface area contributed by atoms with Crippen LogP contribution in [0.2, 0.25) is 19.6 Å². The van der Waals surface area contributed by atoms with Crippen molar-refractivity contribution >= 4 is 24.2 Å². The fourth-order valence-corrected chi connectivity index (χ4v) is 7.07. The molecule has 0 unspecified atom stereocenters. The van der Waals surface area contributed by atoms with Gasteiger partial charge >= 0.3 is 0 Å². The van der Waals surface area contributed by atoms with Crippen molar-refractivity contribution in [1.82, 2.24) is 9.97 Å². The third kappa shape index (κ3) is 7.94. The Morgan fingerprint density at radius 3 is 2.02 bits per heavy atom. The summed E-state index contributed by atoms with van der Waals surface area (Å²) >= 11 is 0. The van der Waals surface area contributed by atoms with Crippen molar-refractivity contribution < 1.29 is 25.9 Å². The standard InChI is InChI=1S/C31H30NOSi.C11H8N.Ir/c1-21(2)25-18-28(32-20-31(25)34(3,4)5)24-16-26(22-12-8-6-9-13-22)27-19-29(33-30(27)17-24)23-14-10-7-11-15-23;1-2-6-10(7-3-1)11-8-4-5-9-12-11;/h6-16,18-21H,1-5H3;1-6,8-9H;/q2*-1;/i21D;;. The second kappa shape index (κ2) is 15.0. The summed E-state index contributed by atoms with van der Waals surface area (Å²) in [5, 5.41) is 2.26. The van der Waals surface area contributed by atoms with Gasteiger partial charge in [-0.25, -0.2) is 0 Å². The van der Waals surface area contributed by atoms with Gasteiger partial charge in [-0.15, -0.1) is 47.5 Å². The van der Waals surface area contributed by atoms with Crippen LogP contribution in [0.3, 0.4) is 0 Å². The SMILES string of the molecule is [2H]C(C)(C)c1cc(-c2[c-]c3oc(-c4ccccc4)cc3c(-c3ccccc3)c2)ncc1[Si](C)(C)C.[Ir].[c-]1ccccc1-c1ccccn1. The second-order valence-electron chi connectivity index (χ2n) is 12.5. The zero-order valence-corrected chi connectivity index (χ0v) is 30.7. The van der Waals surface area contributed by atoms with Gasteiger partial charge in [-0.05, 0) is 40.2 Å². The van der Waals surface area contributed by atoms with Crippen LogP contribution < -0.4 is 5.19 Å². The first-order valence-corrected chi connectivity index (χ1v) is 19.1. The number of nitrogens with zero attached hydrogens (tertiary/aromatic N) is 2. The molecule has 0 aliphatic rings. The van der Waals surface area contributed by atoms with Crippen molar-refractivity contribution in [2.75, 3.05) is 0 Å². The fraction of sp³-hybridized carbons (Fsp3) is 0.143. The van der Waals surface area contributed by atoms with Gasteiger partial charge in [-0.3, -0.25) is 0 Å². The number of benzene rings is 4. The molecule has 0 spiro atoms. The zero-order valence-electron chi connectivity index (χ0n) is 28.3. The summed E-state index contributed by atoms with van der Waals surface area (Å²) in [6, 6.07) is 47.2. The largest absolute Gasteiger partial charge is 0.477 e. The normalized spacial score (nSPS) is 11.6. The van der Waals surface area contributed by atoms with Gasteiger partial charge in [-0.2, -0.15) is 0 Å². The zero-order chi connectivity index (χ0) is 33.0. The molecule has 1 radical (unpaired) electrons. The van der Waals surface area contributed by atoms with E-state index in [0.29, 0.717) is 5.58 Å². The number of rotatable bonds is 6. The van der Waals surface area contributed by atoms with Crippen molar-refractivity contribution in [1.29, 1.82) is 0 Å². The van der Waals surface area contributed by atoms with Gasteiger partial charge in [0.2, 0.25) is 0 Å². The molecule has 0 aliphatic carbocycles. The maximum atomic E-state index is 8.83. The maximum absolute atomic E-state index is 8.83. The molecular formula is C42H38IrN2OSi-2. The van der Waals surface area contributed by atoms with Gasteiger partial charge in [0.15, 0.2) is 0 Å². The molecule has 3 nitrogen and oxygen atoms in total. The molecule has 0 aliphatic heterocycles. The summed E-state index contributed by atoms with van der Waals surface area (Å²) in [4.78, 5) is 9.09. The van der Waals surface area contributed by atoms with Crippen LogP contribution in [0.15, 0.2) is 138 Å². The van der Waals surface area contributed by atoms with Gasteiger partial charge in [-0.1, -0.05) is 135 Å². The number of fused-ring (bicyclic) bond motifs is 1. The first-order valence-electron chi connectivity index (χ1n) is 16.1. The molecule has 7 rings (SSSR count). The minimum Gasteiger partial charge on any atom is -0.477 e. The van der Waals surface area contributed by atoms with E-state index in [1.165, 1.54) is 5.19 Å². The molecule has 0 saturated heterocycles. The van der Waals surface area contributed by atoms with Gasteiger partial charge in [0.05, 0.1) is 13.7 Å². The van der Waals surface area contributed by atoms with Crippen LogP contribution in [0.5, 0.6) is 0 Å². The van der Waals surface area contributed by atoms with Crippen LogP contribution >= 0.6 is 0 Å². The van der Waals surface area contributed by atoms with Gasteiger partial charge in [0.1, 0.15) is 5.76 Å². The van der Waals surface area contributed by atoms with E-state index in [2.05, 4.69) is 91.4 Å². The predicted octanol–water partition coefficient (Wildman–Crippen LogP) is 10.8. The van der Waals surface area contributed by atoms with E-state index >= 15 is 0 Å². The molecule has 0 fully saturated rings. The maximum Gasteiger partial charge on any atom is 0.123 e. The Morgan fingerprint density at radius 2 is 1.40 bits per heavy atom. The van der Waals surface area contributed by atoms with E-state index in [0.717, 1.165) is 55.9 Å². The van der Waals surface area contributed by atoms with Crippen LogP contribution in [-0.4, -0.2) is 18.0 Å². The second-order valence-corrected chi connectivity index (χ2v) is 17.6. The van der Waals surface area contributed by atoms with E-state index in [4.69, 9.17) is 10.8 Å². The fourth-order valence-electron chi connectivity index (χ4n) is 5.49. The average Bonchev–Trinajstić information content (AvgIpc) is 3.53. The number of pyridine rings is 2. The Labute approximate surface area is 294 Å². The van der Waals surface area contributed by atoms with E-state index in [1.54, 1.807) is 6.20 Å². The van der Waals surface area contributed by atoms with E-state index in [1.807, 2.05) is 86.8 Å². The molecule has 0 amide bonds. The summed E-state index contributed by atoms with van der Waals surface area (Å²) in [6.45, 7) is 10.8. The number of aromatic nitrogens is 2. The van der Waals surface area contributed by atoms with E-state index in [-0.39, 0.29) is 20.1 Å². The summed E-state index contributed by atoms with van der Waals surface area (Å²) in [6.07, 6.45) is 3.78. The summed E-state index contributed by atoms with van der Waals surface area (Å²) in [5.74, 6) is 0.103. The van der Waals surface area contributed by atoms with Gasteiger partial charge in [0.25, 0.3) is 0 Å². The summed E-state index contributed by atoms with van der Waals surface area (Å²) < 4.78 is 15.2. The van der Waals surface area contributed by atoms with Crippen LogP contribution in [0, 0.1) is 12.1 Å². The van der Waals surface area contributed by atoms with E-state index < -0.39 is 14.0 Å². The Balaban J connectivity index is 0.000000291. The van der Waals surface area contributed by atoms with Crippen LogP contribution in [0.4, 0.5) is 0 Å². The predicted molar refractivity (Wildman–Crippen MR) is 195 cm³/mol. The molecule has 237 valence electrons. The van der Waals surface area contributed by atoms with Crippen LogP contribution in [-0.2, 0) is 20.1 Å². The average molecular weight is 808 g/mol. The summed E-state index contributed by atoms with van der Waals surface area (Å²) in [7, 11) is -1.66. The molecular weight excluding hydrogens is 769 g/mol. The Bertz CT molecular complexity index is 2050. The molecule has 5 heteroatoms. The number of furan rings is 1. The summed E-state index contributed by atoms with van der Waals surface area (Å²) in [5.41, 5.74) is 8.70. The molecule has 0 saturated carbocycles. The van der Waals surface area contributed by atoms with Gasteiger partial charge in [0, 0.05) is 39.4 Å². The molecule has 0 N–H and O–H groups in total. The monoisotopic (exact) mass is 808 g/mol. The first kappa shape index (κ1) is 32.5. The Morgan fingerprint density at radius 1 is 0.723 bits per heavy atom.